The summed E-state index contributed by atoms with van der Waals surface area (Å²) in [4.78, 5) is 24.5. The Balaban J connectivity index is 1.88. The van der Waals surface area contributed by atoms with Crippen molar-refractivity contribution in [1.29, 1.82) is 0 Å². The Morgan fingerprint density at radius 3 is 2.80 bits per heavy atom. The van der Waals surface area contributed by atoms with Crippen molar-refractivity contribution in [1.82, 2.24) is 14.9 Å². The Bertz CT molecular complexity index is 450. The summed E-state index contributed by atoms with van der Waals surface area (Å²) in [5.74, 6) is 2.36. The lowest BCUT2D eigenvalue weighted by atomic mass is 10.3. The highest BCUT2D eigenvalue weighted by molar-refractivity contribution is 7.98. The summed E-state index contributed by atoms with van der Waals surface area (Å²) >= 11 is 1.70. The number of nitrogens with zero attached hydrogens (tertiary/aromatic N) is 4. The fraction of sp³-hybridized carbons (Fsp3) is 0.615. The maximum Gasteiger partial charge on any atom is 0.228 e. The summed E-state index contributed by atoms with van der Waals surface area (Å²) in [5, 5.41) is 0. The molecule has 2 heterocycles. The third-order valence-corrected chi connectivity index (χ3v) is 3.87. The van der Waals surface area contributed by atoms with Crippen LogP contribution in [0.2, 0.25) is 0 Å². The van der Waals surface area contributed by atoms with E-state index in [0.29, 0.717) is 18.2 Å². The Morgan fingerprint density at radius 2 is 2.15 bits per heavy atom. The number of methoxy groups -OCH3 is 1. The van der Waals surface area contributed by atoms with E-state index in [1.54, 1.807) is 31.1 Å². The molecule has 0 atom stereocenters. The molecule has 0 spiro atoms. The molecule has 20 heavy (non-hydrogen) atoms. The van der Waals surface area contributed by atoms with E-state index in [2.05, 4.69) is 14.9 Å². The third-order valence-electron chi connectivity index (χ3n) is 3.26. The van der Waals surface area contributed by atoms with E-state index in [0.717, 1.165) is 31.9 Å². The summed E-state index contributed by atoms with van der Waals surface area (Å²) in [6.07, 6.45) is 4.33. The van der Waals surface area contributed by atoms with Crippen molar-refractivity contribution in [3.8, 4) is 5.88 Å². The molecule has 1 aromatic rings. The molecule has 1 aromatic heterocycles. The van der Waals surface area contributed by atoms with Gasteiger partial charge < -0.3 is 14.5 Å². The number of hydrogen-bond donors (Lipinski definition) is 0. The second-order valence-corrected chi connectivity index (χ2v) is 5.50. The summed E-state index contributed by atoms with van der Waals surface area (Å²) in [5.41, 5.74) is 0. The van der Waals surface area contributed by atoms with Gasteiger partial charge in [-0.1, -0.05) is 0 Å². The van der Waals surface area contributed by atoms with Gasteiger partial charge in [-0.05, 0) is 6.26 Å². The van der Waals surface area contributed by atoms with E-state index in [1.807, 2.05) is 11.2 Å². The zero-order valence-electron chi connectivity index (χ0n) is 11.9. The van der Waals surface area contributed by atoms with Crippen molar-refractivity contribution in [2.45, 2.75) is 6.42 Å². The van der Waals surface area contributed by atoms with Crippen LogP contribution in [0.1, 0.15) is 6.42 Å². The van der Waals surface area contributed by atoms with Crippen LogP contribution < -0.4 is 9.64 Å². The Kier molecular flexibility index (Phi) is 5.46. The molecule has 1 aliphatic heterocycles. The van der Waals surface area contributed by atoms with Gasteiger partial charge in [0.2, 0.25) is 17.7 Å². The first-order valence-corrected chi connectivity index (χ1v) is 8.02. The molecular formula is C13H20N4O2S. The van der Waals surface area contributed by atoms with Crippen molar-refractivity contribution in [2.24, 2.45) is 0 Å². The van der Waals surface area contributed by atoms with E-state index in [9.17, 15) is 4.79 Å². The topological polar surface area (TPSA) is 58.6 Å². The molecule has 0 aliphatic carbocycles. The number of rotatable bonds is 5. The van der Waals surface area contributed by atoms with Gasteiger partial charge in [-0.25, -0.2) is 4.98 Å². The van der Waals surface area contributed by atoms with E-state index in [1.165, 1.54) is 0 Å². The number of piperazine rings is 1. The number of ether oxygens (including phenoxy) is 1. The molecule has 2 rings (SSSR count). The summed E-state index contributed by atoms with van der Waals surface area (Å²) in [7, 11) is 1.59. The number of carbonyl (C=O) groups excluding carboxylic acids is 1. The number of amides is 1. The molecule has 6 nitrogen and oxygen atoms in total. The standard InChI is InChI=1S/C13H20N4O2S/c1-19-11-3-5-14-13(15-11)17-8-6-16(7-9-17)12(18)4-10-20-2/h3,5H,4,6-10H2,1-2H3. The minimum Gasteiger partial charge on any atom is -0.481 e. The molecule has 0 unspecified atom stereocenters. The van der Waals surface area contributed by atoms with E-state index >= 15 is 0 Å². The summed E-state index contributed by atoms with van der Waals surface area (Å²) < 4.78 is 5.10. The first kappa shape index (κ1) is 14.9. The van der Waals surface area contributed by atoms with Crippen LogP contribution in [0.25, 0.3) is 0 Å². The molecule has 0 radical (unpaired) electrons. The second-order valence-electron chi connectivity index (χ2n) is 4.51. The van der Waals surface area contributed by atoms with Gasteiger partial charge in [0, 0.05) is 50.6 Å². The predicted molar refractivity (Wildman–Crippen MR) is 80.4 cm³/mol. The molecule has 0 N–H and O–H groups in total. The van der Waals surface area contributed by atoms with Crippen LogP contribution in [-0.2, 0) is 4.79 Å². The minimum absolute atomic E-state index is 0.241. The molecule has 1 amide bonds. The van der Waals surface area contributed by atoms with Crippen molar-refractivity contribution >= 4 is 23.6 Å². The number of thioether (sulfide) groups is 1. The first-order valence-electron chi connectivity index (χ1n) is 6.63. The van der Waals surface area contributed by atoms with Gasteiger partial charge in [-0.15, -0.1) is 0 Å². The normalized spacial score (nSPS) is 15.3. The molecule has 1 fully saturated rings. The Morgan fingerprint density at radius 1 is 1.40 bits per heavy atom. The van der Waals surface area contributed by atoms with Crippen LogP contribution in [0.3, 0.4) is 0 Å². The highest BCUT2D eigenvalue weighted by Crippen LogP contribution is 2.15. The lowest BCUT2D eigenvalue weighted by molar-refractivity contribution is -0.131. The largest absolute Gasteiger partial charge is 0.481 e. The highest BCUT2D eigenvalue weighted by Gasteiger charge is 2.22. The molecule has 1 aliphatic rings. The van der Waals surface area contributed by atoms with Crippen LogP contribution in [0.5, 0.6) is 5.88 Å². The van der Waals surface area contributed by atoms with E-state index < -0.39 is 0 Å². The number of anilines is 1. The van der Waals surface area contributed by atoms with Gasteiger partial charge in [0.1, 0.15) is 0 Å². The maximum atomic E-state index is 11.9. The Hall–Kier alpha value is -1.50. The van der Waals surface area contributed by atoms with E-state index in [4.69, 9.17) is 4.74 Å². The minimum atomic E-state index is 0.241. The average Bonchev–Trinajstić information content (AvgIpc) is 2.52. The van der Waals surface area contributed by atoms with Gasteiger partial charge >= 0.3 is 0 Å². The van der Waals surface area contributed by atoms with Crippen molar-refractivity contribution in [3.63, 3.8) is 0 Å². The van der Waals surface area contributed by atoms with Gasteiger partial charge in [-0.3, -0.25) is 4.79 Å². The van der Waals surface area contributed by atoms with E-state index in [-0.39, 0.29) is 5.91 Å². The van der Waals surface area contributed by atoms with Gasteiger partial charge in [-0.2, -0.15) is 16.7 Å². The van der Waals surface area contributed by atoms with Crippen molar-refractivity contribution in [2.75, 3.05) is 50.2 Å². The van der Waals surface area contributed by atoms with Gasteiger partial charge in [0.15, 0.2) is 0 Å². The van der Waals surface area contributed by atoms with Crippen LogP contribution in [0.15, 0.2) is 12.3 Å². The lowest BCUT2D eigenvalue weighted by Gasteiger charge is -2.34. The molecule has 110 valence electrons. The van der Waals surface area contributed by atoms with Crippen LogP contribution >= 0.6 is 11.8 Å². The molecule has 0 bridgehead atoms. The van der Waals surface area contributed by atoms with Gasteiger partial charge in [0.25, 0.3) is 0 Å². The van der Waals surface area contributed by atoms with Gasteiger partial charge in [0.05, 0.1) is 7.11 Å². The highest BCUT2D eigenvalue weighted by atomic mass is 32.2. The summed E-state index contributed by atoms with van der Waals surface area (Å²) in [6, 6.07) is 1.73. The molecular weight excluding hydrogens is 276 g/mol. The SMILES string of the molecule is COc1ccnc(N2CCN(C(=O)CCSC)CC2)n1. The number of aromatic nitrogens is 2. The summed E-state index contributed by atoms with van der Waals surface area (Å²) in [6.45, 7) is 2.98. The molecule has 0 aromatic carbocycles. The molecule has 1 saturated heterocycles. The van der Waals surface area contributed by atoms with Crippen LogP contribution in [0, 0.1) is 0 Å². The predicted octanol–water partition coefficient (Wildman–Crippen LogP) is 0.887. The van der Waals surface area contributed by atoms with Crippen molar-refractivity contribution < 1.29 is 9.53 Å². The lowest BCUT2D eigenvalue weighted by Crippen LogP contribution is -2.49. The fourth-order valence-electron chi connectivity index (χ4n) is 2.10. The van der Waals surface area contributed by atoms with Crippen LogP contribution in [0.4, 0.5) is 5.95 Å². The maximum absolute atomic E-state index is 11.9. The van der Waals surface area contributed by atoms with Crippen LogP contribution in [-0.4, -0.2) is 66.1 Å². The molecule has 0 saturated carbocycles. The number of hydrogen-bond acceptors (Lipinski definition) is 6. The monoisotopic (exact) mass is 296 g/mol. The zero-order valence-corrected chi connectivity index (χ0v) is 12.7. The second kappa shape index (κ2) is 7.33. The van der Waals surface area contributed by atoms with Crippen molar-refractivity contribution in [3.05, 3.63) is 12.3 Å². The first-order chi connectivity index (χ1) is 9.74. The zero-order chi connectivity index (χ0) is 14.4. The number of carbonyl (C=O) groups is 1. The average molecular weight is 296 g/mol. The Labute approximate surface area is 123 Å². The quantitative estimate of drug-likeness (QED) is 0.804. The fourth-order valence-corrected chi connectivity index (χ4v) is 2.48. The third kappa shape index (κ3) is 3.75. The smallest absolute Gasteiger partial charge is 0.228 e. The molecule has 7 heteroatoms.